The van der Waals surface area contributed by atoms with Gasteiger partial charge >= 0.3 is 11.9 Å². The van der Waals surface area contributed by atoms with Gasteiger partial charge in [0.05, 0.1) is 13.0 Å². The first-order chi connectivity index (χ1) is 5.57. The van der Waals surface area contributed by atoms with Crippen LogP contribution in [0.2, 0.25) is 0 Å². The molecular weight excluding hydrogens is 166 g/mol. The highest BCUT2D eigenvalue weighted by molar-refractivity contribution is 5.81. The Bertz CT molecular complexity index is 169. The number of carboxylic acid groups (broad SMARTS) is 1. The second-order valence-corrected chi connectivity index (χ2v) is 2.09. The van der Waals surface area contributed by atoms with Crippen LogP contribution in [0.15, 0.2) is 0 Å². The highest BCUT2D eigenvalue weighted by atomic mass is 16.5. The third kappa shape index (κ3) is 4.64. The Kier molecular flexibility index (Phi) is 4.98. The molecule has 6 heteroatoms. The van der Waals surface area contributed by atoms with Crippen LogP contribution >= 0.6 is 0 Å². The fraction of sp³-hybridized carbons (Fsp3) is 0.667. The van der Waals surface area contributed by atoms with Gasteiger partial charge in [-0.15, -0.1) is 0 Å². The monoisotopic (exact) mass is 177 g/mol. The molecule has 0 aliphatic carbocycles. The Morgan fingerprint density at radius 3 is 2.50 bits per heavy atom. The Labute approximate surface area is 68.9 Å². The number of hydrogen-bond donors (Lipinski definition) is 3. The van der Waals surface area contributed by atoms with Crippen molar-refractivity contribution in [3.05, 3.63) is 0 Å². The molecule has 0 amide bonds. The van der Waals surface area contributed by atoms with Crippen LogP contribution < -0.4 is 5.73 Å². The third-order valence-electron chi connectivity index (χ3n) is 1.06. The van der Waals surface area contributed by atoms with Crippen LogP contribution in [0.3, 0.4) is 0 Å². The van der Waals surface area contributed by atoms with Gasteiger partial charge in [0.25, 0.3) is 0 Å². The molecule has 12 heavy (non-hydrogen) atoms. The van der Waals surface area contributed by atoms with Gasteiger partial charge in [-0.05, 0) is 0 Å². The van der Waals surface area contributed by atoms with Crippen molar-refractivity contribution < 1.29 is 24.5 Å². The zero-order valence-corrected chi connectivity index (χ0v) is 6.40. The van der Waals surface area contributed by atoms with Crippen molar-refractivity contribution in [2.75, 3.05) is 13.2 Å². The second-order valence-electron chi connectivity index (χ2n) is 2.09. The number of esters is 1. The lowest BCUT2D eigenvalue weighted by molar-refractivity contribution is -0.149. The second kappa shape index (κ2) is 5.50. The number of carboxylic acids is 1. The molecule has 0 heterocycles. The summed E-state index contributed by atoms with van der Waals surface area (Å²) >= 11 is 0. The maximum Gasteiger partial charge on any atom is 0.321 e. The summed E-state index contributed by atoms with van der Waals surface area (Å²) in [5.74, 6) is -1.98. The number of ether oxygens (including phenoxy) is 1. The molecule has 1 atom stereocenters. The van der Waals surface area contributed by atoms with E-state index in [1.807, 2.05) is 0 Å². The van der Waals surface area contributed by atoms with Crippen molar-refractivity contribution in [3.63, 3.8) is 0 Å². The number of carbonyl (C=O) groups excluding carboxylic acids is 1. The summed E-state index contributed by atoms with van der Waals surface area (Å²) in [4.78, 5) is 20.8. The number of aliphatic hydroxyl groups is 1. The van der Waals surface area contributed by atoms with Crippen LogP contribution in [0.25, 0.3) is 0 Å². The topological polar surface area (TPSA) is 110 Å². The minimum absolute atomic E-state index is 0.134. The number of hydrogen-bond acceptors (Lipinski definition) is 5. The number of nitrogens with two attached hydrogens (primary N) is 1. The standard InChI is InChI=1S/C6H11NO5/c7-4(6(10)11)3-5(9)12-2-1-8/h4,8H,1-3,7H2,(H,10,11)/t4-/m0/s1. The molecule has 0 aromatic heterocycles. The minimum Gasteiger partial charge on any atom is -0.480 e. The molecule has 6 nitrogen and oxygen atoms in total. The van der Waals surface area contributed by atoms with Crippen LogP contribution in [-0.2, 0) is 14.3 Å². The summed E-state index contributed by atoms with van der Waals surface area (Å²) < 4.78 is 4.38. The molecule has 0 unspecified atom stereocenters. The molecule has 0 fully saturated rings. The van der Waals surface area contributed by atoms with Crippen molar-refractivity contribution in [1.82, 2.24) is 0 Å². The molecule has 0 aromatic rings. The molecule has 0 saturated carbocycles. The van der Waals surface area contributed by atoms with E-state index < -0.39 is 18.0 Å². The number of aliphatic carboxylic acids is 1. The molecule has 0 radical (unpaired) electrons. The predicted octanol–water partition coefficient (Wildman–Crippen LogP) is -1.68. The van der Waals surface area contributed by atoms with Gasteiger partial charge in [0.1, 0.15) is 12.6 Å². The van der Waals surface area contributed by atoms with Gasteiger partial charge in [0.15, 0.2) is 0 Å². The van der Waals surface area contributed by atoms with E-state index in [4.69, 9.17) is 15.9 Å². The van der Waals surface area contributed by atoms with E-state index in [-0.39, 0.29) is 19.6 Å². The lowest BCUT2D eigenvalue weighted by atomic mass is 10.2. The molecule has 0 saturated heterocycles. The van der Waals surface area contributed by atoms with Crippen LogP contribution in [0.4, 0.5) is 0 Å². The highest BCUT2D eigenvalue weighted by Crippen LogP contribution is 1.91. The van der Waals surface area contributed by atoms with Gasteiger partial charge in [-0.25, -0.2) is 0 Å². The Hall–Kier alpha value is -1.14. The quantitative estimate of drug-likeness (QED) is 0.433. The van der Waals surface area contributed by atoms with E-state index in [1.54, 1.807) is 0 Å². The van der Waals surface area contributed by atoms with Gasteiger partial charge < -0.3 is 20.7 Å². The van der Waals surface area contributed by atoms with E-state index in [0.29, 0.717) is 0 Å². The summed E-state index contributed by atoms with van der Waals surface area (Å²) in [5.41, 5.74) is 5.03. The van der Waals surface area contributed by atoms with E-state index >= 15 is 0 Å². The first kappa shape index (κ1) is 10.9. The summed E-state index contributed by atoms with van der Waals surface area (Å²) in [5, 5.41) is 16.5. The number of carbonyl (C=O) groups is 2. The summed E-state index contributed by atoms with van der Waals surface area (Å²) in [6, 6.07) is -1.24. The van der Waals surface area contributed by atoms with Crippen molar-refractivity contribution in [3.8, 4) is 0 Å². The third-order valence-corrected chi connectivity index (χ3v) is 1.06. The molecule has 0 aliphatic heterocycles. The normalized spacial score (nSPS) is 12.2. The zero-order valence-electron chi connectivity index (χ0n) is 6.40. The molecule has 0 bridgehead atoms. The fourth-order valence-corrected chi connectivity index (χ4v) is 0.485. The first-order valence-corrected chi connectivity index (χ1v) is 3.32. The molecule has 0 spiro atoms. The van der Waals surface area contributed by atoms with E-state index in [2.05, 4.69) is 4.74 Å². The van der Waals surface area contributed by atoms with E-state index in [9.17, 15) is 9.59 Å². The van der Waals surface area contributed by atoms with Crippen LogP contribution in [0.5, 0.6) is 0 Å². The number of aliphatic hydroxyl groups excluding tert-OH is 1. The summed E-state index contributed by atoms with van der Waals surface area (Å²) in [7, 11) is 0. The fourth-order valence-electron chi connectivity index (χ4n) is 0.485. The molecule has 0 aliphatic rings. The van der Waals surface area contributed by atoms with Crippen LogP contribution in [0.1, 0.15) is 6.42 Å². The Morgan fingerprint density at radius 2 is 2.08 bits per heavy atom. The van der Waals surface area contributed by atoms with Gasteiger partial charge in [-0.1, -0.05) is 0 Å². The molecule has 0 aromatic carbocycles. The van der Waals surface area contributed by atoms with Crippen molar-refractivity contribution in [2.24, 2.45) is 5.73 Å². The highest BCUT2D eigenvalue weighted by Gasteiger charge is 2.16. The summed E-state index contributed by atoms with van der Waals surface area (Å²) in [6.07, 6.45) is -0.380. The largest absolute Gasteiger partial charge is 0.480 e. The Morgan fingerprint density at radius 1 is 1.50 bits per heavy atom. The van der Waals surface area contributed by atoms with E-state index in [1.165, 1.54) is 0 Å². The molecular formula is C6H11NO5. The lowest BCUT2D eigenvalue weighted by Crippen LogP contribution is -2.33. The first-order valence-electron chi connectivity index (χ1n) is 3.32. The maximum atomic E-state index is 10.6. The summed E-state index contributed by atoms with van der Waals surface area (Å²) in [6.45, 7) is -0.417. The smallest absolute Gasteiger partial charge is 0.321 e. The maximum absolute atomic E-state index is 10.6. The Balaban J connectivity index is 3.61. The molecule has 70 valence electrons. The number of rotatable bonds is 5. The average Bonchev–Trinajstić information content (AvgIpc) is 2.00. The zero-order chi connectivity index (χ0) is 9.56. The SMILES string of the molecule is N[C@@H](CC(=O)OCCO)C(=O)O. The van der Waals surface area contributed by atoms with Gasteiger partial charge in [-0.2, -0.15) is 0 Å². The van der Waals surface area contributed by atoms with Gasteiger partial charge in [-0.3, -0.25) is 9.59 Å². The van der Waals surface area contributed by atoms with Crippen molar-refractivity contribution >= 4 is 11.9 Å². The van der Waals surface area contributed by atoms with Crippen LogP contribution in [-0.4, -0.2) is 41.4 Å². The average molecular weight is 177 g/mol. The predicted molar refractivity (Wildman–Crippen MR) is 38.3 cm³/mol. The van der Waals surface area contributed by atoms with Gasteiger partial charge in [0.2, 0.25) is 0 Å². The minimum atomic E-state index is -1.25. The molecule has 0 rings (SSSR count). The van der Waals surface area contributed by atoms with E-state index in [0.717, 1.165) is 0 Å². The van der Waals surface area contributed by atoms with Gasteiger partial charge in [0, 0.05) is 0 Å². The van der Waals surface area contributed by atoms with Crippen molar-refractivity contribution in [1.29, 1.82) is 0 Å². The lowest BCUT2D eigenvalue weighted by Gasteiger charge is -2.05. The van der Waals surface area contributed by atoms with Crippen LogP contribution in [0, 0.1) is 0 Å². The van der Waals surface area contributed by atoms with Crippen molar-refractivity contribution in [2.45, 2.75) is 12.5 Å². The molecule has 4 N–H and O–H groups in total.